The van der Waals surface area contributed by atoms with E-state index in [9.17, 15) is 9.59 Å². The van der Waals surface area contributed by atoms with Crippen LogP contribution in [0.4, 0.5) is 11.6 Å². The van der Waals surface area contributed by atoms with E-state index in [0.717, 1.165) is 18.2 Å². The third-order valence-corrected chi connectivity index (χ3v) is 7.31. The third-order valence-electron chi connectivity index (χ3n) is 7.31. The molecule has 4 aromatic rings. The van der Waals surface area contributed by atoms with Gasteiger partial charge in [0.25, 0.3) is 11.5 Å². The minimum Gasteiger partial charge on any atom is -0.381 e. The van der Waals surface area contributed by atoms with E-state index in [1.54, 1.807) is 15.4 Å². The molecule has 9 nitrogen and oxygen atoms in total. The van der Waals surface area contributed by atoms with Crippen molar-refractivity contribution < 1.29 is 9.53 Å². The summed E-state index contributed by atoms with van der Waals surface area (Å²) in [5.41, 5.74) is 8.23. The van der Waals surface area contributed by atoms with Gasteiger partial charge in [-0.25, -0.2) is 4.68 Å². The number of nitrogens with one attached hydrogen (secondary N) is 2. The van der Waals surface area contributed by atoms with Gasteiger partial charge in [-0.1, -0.05) is 42.2 Å². The average molecular weight is 535 g/mol. The lowest BCUT2D eigenvalue weighted by Crippen LogP contribution is -2.33. The Kier molecular flexibility index (Phi) is 6.84. The number of hydrogen-bond acceptors (Lipinski definition) is 6. The van der Waals surface area contributed by atoms with Crippen LogP contribution >= 0.6 is 0 Å². The Hall–Kier alpha value is -4.81. The summed E-state index contributed by atoms with van der Waals surface area (Å²) in [6.45, 7) is 3.85. The molecule has 0 radical (unpaired) electrons. The number of aromatic nitrogens is 3. The molecule has 1 atom stereocenters. The van der Waals surface area contributed by atoms with Crippen molar-refractivity contribution in [1.82, 2.24) is 19.7 Å². The number of ether oxygens (including phenoxy) is 1. The Morgan fingerprint density at radius 2 is 1.98 bits per heavy atom. The van der Waals surface area contributed by atoms with Gasteiger partial charge in [-0.3, -0.25) is 14.2 Å². The molecule has 9 heteroatoms. The summed E-state index contributed by atoms with van der Waals surface area (Å²) in [6.07, 6.45) is 5.44. The lowest BCUT2D eigenvalue weighted by molar-refractivity contribution is 0.0807. The molecular formula is C31H30N6O3. The number of anilines is 2. The van der Waals surface area contributed by atoms with Crippen molar-refractivity contribution in [3.05, 3.63) is 87.8 Å². The fraction of sp³-hybridized carbons (Fsp3) is 0.258. The highest BCUT2D eigenvalue weighted by atomic mass is 16.5. The van der Waals surface area contributed by atoms with Gasteiger partial charge in [0.2, 0.25) is 0 Å². The van der Waals surface area contributed by atoms with Gasteiger partial charge in [-0.2, -0.15) is 0 Å². The predicted molar refractivity (Wildman–Crippen MR) is 156 cm³/mol. The van der Waals surface area contributed by atoms with Gasteiger partial charge in [-0.05, 0) is 55.5 Å². The molecule has 4 heterocycles. The first-order valence-corrected chi connectivity index (χ1v) is 13.4. The molecule has 0 saturated carbocycles. The Morgan fingerprint density at radius 1 is 1.18 bits per heavy atom. The van der Waals surface area contributed by atoms with Gasteiger partial charge in [0.05, 0.1) is 11.4 Å². The van der Waals surface area contributed by atoms with E-state index in [-0.39, 0.29) is 28.8 Å². The highest BCUT2D eigenvalue weighted by Crippen LogP contribution is 2.27. The maximum atomic E-state index is 14.2. The lowest BCUT2D eigenvalue weighted by Gasteiger charge is -2.21. The number of amides is 1. The summed E-state index contributed by atoms with van der Waals surface area (Å²) in [7, 11) is 0. The molecule has 0 aliphatic carbocycles. The van der Waals surface area contributed by atoms with Crippen LogP contribution in [0, 0.1) is 17.8 Å². The molecule has 1 amide bonds. The smallest absolute Gasteiger partial charge is 0.264 e. The first-order chi connectivity index (χ1) is 19.5. The second kappa shape index (κ2) is 10.8. The topological polar surface area (TPSA) is 116 Å². The van der Waals surface area contributed by atoms with E-state index in [4.69, 9.17) is 10.5 Å². The van der Waals surface area contributed by atoms with Crippen molar-refractivity contribution in [2.75, 3.05) is 30.8 Å². The van der Waals surface area contributed by atoms with E-state index >= 15 is 0 Å². The zero-order chi connectivity index (χ0) is 27.6. The molecule has 40 heavy (non-hydrogen) atoms. The quantitative estimate of drug-likeness (QED) is 0.342. The maximum Gasteiger partial charge on any atom is 0.264 e. The van der Waals surface area contributed by atoms with Crippen LogP contribution in [-0.2, 0) is 4.74 Å². The fourth-order valence-electron chi connectivity index (χ4n) is 5.27. The highest BCUT2D eigenvalue weighted by Gasteiger charge is 2.26. The number of carbonyl (C=O) groups is 1. The first kappa shape index (κ1) is 25.5. The van der Waals surface area contributed by atoms with Crippen LogP contribution < -0.4 is 21.9 Å². The van der Waals surface area contributed by atoms with Crippen LogP contribution in [0.5, 0.6) is 0 Å². The zero-order valence-corrected chi connectivity index (χ0v) is 22.2. The predicted octanol–water partition coefficient (Wildman–Crippen LogP) is 3.93. The Bertz CT molecular complexity index is 1740. The molecule has 6 rings (SSSR count). The number of carbonyl (C=O) groups excluding carboxylic acids is 1. The molecule has 2 aromatic carbocycles. The number of pyridine rings is 1. The summed E-state index contributed by atoms with van der Waals surface area (Å²) in [5, 5.41) is 11.8. The number of nitrogens with zero attached hydrogens (tertiary/aromatic N) is 3. The van der Waals surface area contributed by atoms with E-state index in [1.807, 2.05) is 67.6 Å². The van der Waals surface area contributed by atoms with E-state index in [0.29, 0.717) is 47.9 Å². The second-order valence-corrected chi connectivity index (χ2v) is 9.99. The standard InChI is InChI=1S/C31H30N6O3/c1-20(34-30(38)27-28(32)35-36-16-6-15-33-29(27)36)25-19-23-8-5-7-22(12-11-21-13-17-40-18-14-21)26(23)31(39)37(25)24-9-3-2-4-10-24/h2-10,16,19-21,33H,13-15,17-18H2,1H3,(H2,32,35)(H,34,38). The third kappa shape index (κ3) is 4.74. The number of para-hydroxylation sites is 1. The minimum absolute atomic E-state index is 0.130. The summed E-state index contributed by atoms with van der Waals surface area (Å²) in [6, 6.07) is 16.6. The monoisotopic (exact) mass is 534 g/mol. The minimum atomic E-state index is -0.532. The van der Waals surface area contributed by atoms with E-state index in [2.05, 4.69) is 27.6 Å². The highest BCUT2D eigenvalue weighted by molar-refractivity contribution is 6.04. The molecule has 4 N–H and O–H groups in total. The Labute approximate surface area is 231 Å². The number of hydrogen-bond donors (Lipinski definition) is 3. The van der Waals surface area contributed by atoms with Crippen LogP contribution in [0.1, 0.15) is 47.4 Å². The molecule has 0 spiro atoms. The van der Waals surface area contributed by atoms with Crippen molar-refractivity contribution in [1.29, 1.82) is 0 Å². The molecule has 2 aliphatic heterocycles. The van der Waals surface area contributed by atoms with Gasteiger partial charge in [0, 0.05) is 48.8 Å². The Balaban J connectivity index is 1.43. The molecule has 0 bridgehead atoms. The summed E-state index contributed by atoms with van der Waals surface area (Å²) >= 11 is 0. The van der Waals surface area contributed by atoms with Crippen LogP contribution in [-0.4, -0.2) is 40.0 Å². The molecule has 1 unspecified atom stereocenters. The van der Waals surface area contributed by atoms with E-state index < -0.39 is 6.04 Å². The normalized spacial score (nSPS) is 15.5. The molecule has 1 saturated heterocycles. The summed E-state index contributed by atoms with van der Waals surface area (Å²) in [4.78, 5) is 27.6. The average Bonchev–Trinajstić information content (AvgIpc) is 3.32. The van der Waals surface area contributed by atoms with Crippen molar-refractivity contribution in [3.63, 3.8) is 0 Å². The molecule has 1 fully saturated rings. The van der Waals surface area contributed by atoms with Gasteiger partial charge in [0.1, 0.15) is 11.4 Å². The molecule has 202 valence electrons. The fourth-order valence-corrected chi connectivity index (χ4v) is 5.27. The number of fused-ring (bicyclic) bond motifs is 2. The number of benzene rings is 2. The number of rotatable bonds is 4. The van der Waals surface area contributed by atoms with Crippen LogP contribution in [0.25, 0.3) is 22.7 Å². The van der Waals surface area contributed by atoms with Crippen molar-refractivity contribution in [2.45, 2.75) is 25.8 Å². The Morgan fingerprint density at radius 3 is 2.77 bits per heavy atom. The van der Waals surface area contributed by atoms with Gasteiger partial charge >= 0.3 is 0 Å². The van der Waals surface area contributed by atoms with Gasteiger partial charge in [0.15, 0.2) is 5.82 Å². The summed E-state index contributed by atoms with van der Waals surface area (Å²) < 4.78 is 8.67. The first-order valence-electron chi connectivity index (χ1n) is 13.4. The SMILES string of the molecule is CC(NC(=O)c1c(N)nn2c1NCC=C2)c1cc2cccc(C#CC3CCOCC3)c2c(=O)n1-c1ccccc1. The van der Waals surface area contributed by atoms with Crippen molar-refractivity contribution in [3.8, 4) is 17.5 Å². The number of nitrogens with two attached hydrogens (primary N) is 1. The van der Waals surface area contributed by atoms with Crippen LogP contribution in [0.15, 0.2) is 65.5 Å². The van der Waals surface area contributed by atoms with Crippen LogP contribution in [0.2, 0.25) is 0 Å². The lowest BCUT2D eigenvalue weighted by atomic mass is 9.99. The van der Waals surface area contributed by atoms with Gasteiger partial charge in [-0.15, -0.1) is 5.10 Å². The summed E-state index contributed by atoms with van der Waals surface area (Å²) in [5.74, 6) is 7.19. The molecule has 2 aromatic heterocycles. The van der Waals surface area contributed by atoms with Crippen molar-refractivity contribution >= 4 is 34.5 Å². The van der Waals surface area contributed by atoms with E-state index in [1.165, 1.54) is 0 Å². The van der Waals surface area contributed by atoms with Crippen LogP contribution in [0.3, 0.4) is 0 Å². The second-order valence-electron chi connectivity index (χ2n) is 9.99. The van der Waals surface area contributed by atoms with Gasteiger partial charge < -0.3 is 21.1 Å². The zero-order valence-electron chi connectivity index (χ0n) is 22.2. The molecule has 2 aliphatic rings. The van der Waals surface area contributed by atoms with Crippen molar-refractivity contribution in [2.24, 2.45) is 5.92 Å². The molecular weight excluding hydrogens is 504 g/mol. The largest absolute Gasteiger partial charge is 0.381 e. The maximum absolute atomic E-state index is 14.2. The number of nitrogen functional groups attached to an aromatic ring is 1.